The third kappa shape index (κ3) is 3.81. The molecular formula is C26H28ClFN2O. The summed E-state index contributed by atoms with van der Waals surface area (Å²) in [6.07, 6.45) is 9.18. The Morgan fingerprint density at radius 2 is 1.94 bits per heavy atom. The highest BCUT2D eigenvalue weighted by Crippen LogP contribution is 2.51. The summed E-state index contributed by atoms with van der Waals surface area (Å²) in [5.41, 5.74) is 5.38. The van der Waals surface area contributed by atoms with Crippen LogP contribution >= 0.6 is 11.6 Å². The lowest BCUT2D eigenvalue weighted by molar-refractivity contribution is -0.121. The zero-order valence-electron chi connectivity index (χ0n) is 17.7. The van der Waals surface area contributed by atoms with Crippen LogP contribution in [0.4, 0.5) is 10.1 Å². The molecule has 0 saturated carbocycles. The van der Waals surface area contributed by atoms with E-state index in [0.717, 1.165) is 80.9 Å². The Morgan fingerprint density at radius 3 is 2.71 bits per heavy atom. The number of benzene rings is 2. The van der Waals surface area contributed by atoms with Crippen molar-refractivity contribution in [3.63, 3.8) is 0 Å². The van der Waals surface area contributed by atoms with Gasteiger partial charge in [0.2, 0.25) is 5.91 Å². The van der Waals surface area contributed by atoms with Crippen molar-refractivity contribution in [1.29, 1.82) is 0 Å². The maximum Gasteiger partial charge on any atom is 0.235 e. The van der Waals surface area contributed by atoms with Gasteiger partial charge in [-0.2, -0.15) is 0 Å². The Hall–Kier alpha value is -2.17. The smallest absolute Gasteiger partial charge is 0.235 e. The van der Waals surface area contributed by atoms with Crippen molar-refractivity contribution in [3.8, 4) is 0 Å². The summed E-state index contributed by atoms with van der Waals surface area (Å²) in [5, 5.41) is 3.92. The number of hydrogen-bond acceptors (Lipinski definition) is 2. The molecule has 0 fully saturated rings. The molecule has 5 heteroatoms. The van der Waals surface area contributed by atoms with Gasteiger partial charge in [-0.3, -0.25) is 9.69 Å². The number of anilines is 1. The highest BCUT2D eigenvalue weighted by molar-refractivity contribution is 6.32. The summed E-state index contributed by atoms with van der Waals surface area (Å²) in [6.45, 7) is 3.00. The molecule has 0 bridgehead atoms. The third-order valence-electron chi connectivity index (χ3n) is 7.28. The average Bonchev–Trinajstić information content (AvgIpc) is 3.08. The predicted molar refractivity (Wildman–Crippen MR) is 124 cm³/mol. The first-order valence-corrected chi connectivity index (χ1v) is 11.8. The van der Waals surface area contributed by atoms with Crippen LogP contribution in [0.25, 0.3) is 5.57 Å². The number of carbonyl (C=O) groups excluding carboxylic acids is 1. The summed E-state index contributed by atoms with van der Waals surface area (Å²) in [6, 6.07) is 10.7. The topological polar surface area (TPSA) is 32.3 Å². The van der Waals surface area contributed by atoms with Crippen LogP contribution in [0.15, 0.2) is 42.5 Å². The van der Waals surface area contributed by atoms with Crippen molar-refractivity contribution in [2.45, 2.75) is 50.4 Å². The Kier molecular flexibility index (Phi) is 5.61. The standard InChI is InChI=1S/C26H28ClFN2O/c27-22-9-10-23-24-21(22)4-3-14-26(24,25(31)29-23)13-1-2-15-30-16-11-19(12-17-30)18-5-7-20(28)8-6-18/h5-11H,1-4,12-17H2,(H,29,31). The molecule has 162 valence electrons. The van der Waals surface area contributed by atoms with Crippen LogP contribution in [0, 0.1) is 5.82 Å². The molecule has 0 radical (unpaired) electrons. The number of hydrogen-bond donors (Lipinski definition) is 1. The molecule has 2 heterocycles. The minimum absolute atomic E-state index is 0.163. The number of amides is 1. The Bertz CT molecular complexity index is 1030. The highest BCUT2D eigenvalue weighted by Gasteiger charge is 2.49. The summed E-state index contributed by atoms with van der Waals surface area (Å²) < 4.78 is 13.1. The van der Waals surface area contributed by atoms with Crippen LogP contribution in [0.1, 0.15) is 55.2 Å². The fraction of sp³-hybridized carbons (Fsp3) is 0.423. The molecule has 0 spiro atoms. The molecule has 2 aliphatic heterocycles. The van der Waals surface area contributed by atoms with Crippen LogP contribution in [0.3, 0.4) is 0 Å². The molecular weight excluding hydrogens is 411 g/mol. The van der Waals surface area contributed by atoms with Gasteiger partial charge >= 0.3 is 0 Å². The van der Waals surface area contributed by atoms with Crippen molar-refractivity contribution in [3.05, 3.63) is 70.0 Å². The van der Waals surface area contributed by atoms with E-state index in [4.69, 9.17) is 11.6 Å². The minimum atomic E-state index is -0.384. The van der Waals surface area contributed by atoms with Gasteiger partial charge in [0.25, 0.3) is 0 Å². The predicted octanol–water partition coefficient (Wildman–Crippen LogP) is 5.96. The van der Waals surface area contributed by atoms with Crippen molar-refractivity contribution >= 4 is 28.8 Å². The van der Waals surface area contributed by atoms with Crippen molar-refractivity contribution in [1.82, 2.24) is 4.90 Å². The van der Waals surface area contributed by atoms with E-state index in [9.17, 15) is 9.18 Å². The van der Waals surface area contributed by atoms with E-state index >= 15 is 0 Å². The SMILES string of the molecule is O=C1Nc2ccc(Cl)c3c2C1(CCCCN1CC=C(c2ccc(F)cc2)CC1)CCC3. The second kappa shape index (κ2) is 8.40. The fourth-order valence-corrected chi connectivity index (χ4v) is 5.90. The molecule has 2 aromatic rings. The first-order valence-electron chi connectivity index (χ1n) is 11.4. The number of rotatable bonds is 6. The lowest BCUT2D eigenvalue weighted by Crippen LogP contribution is -2.37. The summed E-state index contributed by atoms with van der Waals surface area (Å²) in [7, 11) is 0. The zero-order valence-corrected chi connectivity index (χ0v) is 18.5. The van der Waals surface area contributed by atoms with Crippen LogP contribution in [0.2, 0.25) is 5.02 Å². The molecule has 0 aromatic heterocycles. The summed E-state index contributed by atoms with van der Waals surface area (Å²) in [4.78, 5) is 15.4. The zero-order chi connectivity index (χ0) is 21.4. The highest BCUT2D eigenvalue weighted by atomic mass is 35.5. The van der Waals surface area contributed by atoms with Gasteiger partial charge in [-0.15, -0.1) is 0 Å². The van der Waals surface area contributed by atoms with Crippen molar-refractivity contribution < 1.29 is 9.18 Å². The van der Waals surface area contributed by atoms with Crippen molar-refractivity contribution in [2.24, 2.45) is 0 Å². The Morgan fingerprint density at radius 1 is 1.10 bits per heavy atom. The van der Waals surface area contributed by atoms with Gasteiger partial charge in [0, 0.05) is 23.8 Å². The van der Waals surface area contributed by atoms with Crippen LogP contribution in [-0.4, -0.2) is 30.4 Å². The molecule has 1 N–H and O–H groups in total. The molecule has 1 aliphatic carbocycles. The normalized spacial score (nSPS) is 22.8. The van der Waals surface area contributed by atoms with Crippen molar-refractivity contribution in [2.75, 3.05) is 25.0 Å². The molecule has 5 rings (SSSR count). The van der Waals surface area contributed by atoms with Gasteiger partial charge < -0.3 is 5.32 Å². The second-order valence-corrected chi connectivity index (χ2v) is 9.49. The van der Waals surface area contributed by atoms with E-state index in [2.05, 4.69) is 16.3 Å². The van der Waals surface area contributed by atoms with Gasteiger partial charge in [-0.1, -0.05) is 36.2 Å². The number of halogens is 2. The summed E-state index contributed by atoms with van der Waals surface area (Å²) in [5.74, 6) is -0.0252. The molecule has 3 aliphatic rings. The summed E-state index contributed by atoms with van der Waals surface area (Å²) >= 11 is 6.47. The molecule has 3 nitrogen and oxygen atoms in total. The first-order chi connectivity index (χ1) is 15.1. The van der Waals surface area contributed by atoms with E-state index in [1.54, 1.807) is 0 Å². The fourth-order valence-electron chi connectivity index (χ4n) is 5.64. The number of unbranched alkanes of at least 4 members (excludes halogenated alkanes) is 1. The maximum atomic E-state index is 13.1. The van der Waals surface area contributed by atoms with Gasteiger partial charge in [0.05, 0.1) is 5.41 Å². The van der Waals surface area contributed by atoms with E-state index < -0.39 is 0 Å². The lowest BCUT2D eigenvalue weighted by atomic mass is 9.68. The minimum Gasteiger partial charge on any atom is -0.325 e. The third-order valence-corrected chi connectivity index (χ3v) is 7.64. The van der Waals surface area contributed by atoms with Gasteiger partial charge in [-0.25, -0.2) is 4.39 Å². The second-order valence-electron chi connectivity index (χ2n) is 9.08. The van der Waals surface area contributed by atoms with Gasteiger partial charge in [-0.05, 0) is 91.6 Å². The van der Waals surface area contributed by atoms with E-state index in [1.807, 2.05) is 24.3 Å². The average molecular weight is 439 g/mol. The number of nitrogens with zero attached hydrogens (tertiary/aromatic N) is 1. The molecule has 1 unspecified atom stereocenters. The van der Waals surface area contributed by atoms with Crippen LogP contribution in [0.5, 0.6) is 0 Å². The molecule has 1 atom stereocenters. The van der Waals surface area contributed by atoms with Gasteiger partial charge in [0.1, 0.15) is 5.82 Å². The quantitative estimate of drug-likeness (QED) is 0.564. The maximum absolute atomic E-state index is 13.1. The monoisotopic (exact) mass is 438 g/mol. The number of nitrogens with one attached hydrogen (secondary N) is 1. The lowest BCUT2D eigenvalue weighted by Gasteiger charge is -2.34. The van der Waals surface area contributed by atoms with Gasteiger partial charge in [0.15, 0.2) is 0 Å². The molecule has 0 saturated heterocycles. The van der Waals surface area contributed by atoms with Crippen LogP contribution < -0.4 is 5.32 Å². The molecule has 1 amide bonds. The Balaban J connectivity index is 1.18. The molecule has 31 heavy (non-hydrogen) atoms. The van der Waals surface area contributed by atoms with E-state index in [0.29, 0.717) is 0 Å². The Labute approximate surface area is 188 Å². The van der Waals surface area contributed by atoms with Crippen LogP contribution in [-0.2, 0) is 16.6 Å². The van der Waals surface area contributed by atoms with E-state index in [1.165, 1.54) is 28.8 Å². The number of carbonyl (C=O) groups is 1. The van der Waals surface area contributed by atoms with E-state index in [-0.39, 0.29) is 17.1 Å². The first kappa shape index (κ1) is 20.7. The molecule has 2 aromatic carbocycles. The largest absolute Gasteiger partial charge is 0.325 e.